The molecule has 0 unspecified atom stereocenters. The van der Waals surface area contributed by atoms with Gasteiger partial charge in [-0.2, -0.15) is 0 Å². The average Bonchev–Trinajstić information content (AvgIpc) is 2.41. The summed E-state index contributed by atoms with van der Waals surface area (Å²) in [6, 6.07) is 5.99. The smallest absolute Gasteiger partial charge is 0.545 e. The average molecular weight is 298 g/mol. The molecule has 5 heteroatoms. The van der Waals surface area contributed by atoms with Crippen molar-refractivity contribution in [3.05, 3.63) is 35.4 Å². The van der Waals surface area contributed by atoms with Crippen LogP contribution in [0.5, 0.6) is 0 Å². The maximum atomic E-state index is 12.1. The number of carbonyl (C=O) groups is 2. The molecule has 4 nitrogen and oxygen atoms in total. The van der Waals surface area contributed by atoms with Crippen molar-refractivity contribution in [2.45, 2.75) is 45.6 Å². The van der Waals surface area contributed by atoms with E-state index < -0.39 is 11.9 Å². The van der Waals surface area contributed by atoms with Gasteiger partial charge in [-0.1, -0.05) is 32.0 Å². The Balaban J connectivity index is 0.00000220. The van der Waals surface area contributed by atoms with Crippen LogP contribution >= 0.6 is 0 Å². The standard InChI is InChI=1S/C16H20O4.Na/c1-16(2)9-7-11(8-10-16)20-15(19)13-6-4-3-5-12(13)14(17)18;/h3-6,11H,7-10H2,1-2H3,(H,17,18);/q;+1/p-1. The molecule has 0 bridgehead atoms. The molecule has 1 aliphatic carbocycles. The second-order valence-electron chi connectivity index (χ2n) is 6.10. The Kier molecular flexibility index (Phi) is 6.44. The molecule has 0 aromatic heterocycles. The molecule has 2 rings (SSSR count). The molecule has 1 saturated carbocycles. The van der Waals surface area contributed by atoms with E-state index in [0.29, 0.717) is 5.41 Å². The van der Waals surface area contributed by atoms with Gasteiger partial charge in [0.25, 0.3) is 0 Å². The van der Waals surface area contributed by atoms with Crippen molar-refractivity contribution >= 4 is 11.9 Å². The Morgan fingerprint density at radius 3 is 2.19 bits per heavy atom. The molecule has 0 amide bonds. The summed E-state index contributed by atoms with van der Waals surface area (Å²) in [6.45, 7) is 4.41. The predicted molar refractivity (Wildman–Crippen MR) is 72.2 cm³/mol. The van der Waals surface area contributed by atoms with Crippen molar-refractivity contribution in [2.24, 2.45) is 5.41 Å². The Hall–Kier alpha value is -0.840. The minimum absolute atomic E-state index is 0. The van der Waals surface area contributed by atoms with E-state index in [-0.39, 0.29) is 46.8 Å². The summed E-state index contributed by atoms with van der Waals surface area (Å²) in [6.07, 6.45) is 3.55. The van der Waals surface area contributed by atoms with Gasteiger partial charge in [0.1, 0.15) is 6.10 Å². The van der Waals surface area contributed by atoms with Crippen molar-refractivity contribution in [1.29, 1.82) is 0 Å². The van der Waals surface area contributed by atoms with Gasteiger partial charge in [0.05, 0.1) is 11.5 Å². The van der Waals surface area contributed by atoms with Crippen molar-refractivity contribution in [3.63, 3.8) is 0 Å². The maximum Gasteiger partial charge on any atom is 1.00 e. The van der Waals surface area contributed by atoms with Crippen LogP contribution in [-0.4, -0.2) is 18.0 Å². The largest absolute Gasteiger partial charge is 1.00 e. The van der Waals surface area contributed by atoms with Crippen LogP contribution in [0.3, 0.4) is 0 Å². The molecule has 0 N–H and O–H groups in total. The summed E-state index contributed by atoms with van der Waals surface area (Å²) < 4.78 is 5.43. The first-order valence-corrected chi connectivity index (χ1v) is 6.90. The van der Waals surface area contributed by atoms with Crippen LogP contribution in [-0.2, 0) is 4.74 Å². The summed E-state index contributed by atoms with van der Waals surface area (Å²) in [5, 5.41) is 11.0. The van der Waals surface area contributed by atoms with Crippen LogP contribution in [0.15, 0.2) is 24.3 Å². The molecule has 0 heterocycles. The Morgan fingerprint density at radius 2 is 1.67 bits per heavy atom. The molecule has 108 valence electrons. The minimum atomic E-state index is -1.36. The monoisotopic (exact) mass is 298 g/mol. The fraction of sp³-hybridized carbons (Fsp3) is 0.500. The SMILES string of the molecule is CC1(C)CCC(OC(=O)c2ccccc2C(=O)[O-])CC1.[Na+]. The molecule has 1 aliphatic rings. The number of benzene rings is 1. The van der Waals surface area contributed by atoms with E-state index in [1.807, 2.05) is 0 Å². The van der Waals surface area contributed by atoms with Gasteiger partial charge >= 0.3 is 35.5 Å². The van der Waals surface area contributed by atoms with Crippen molar-refractivity contribution in [3.8, 4) is 0 Å². The van der Waals surface area contributed by atoms with Gasteiger partial charge in [-0.3, -0.25) is 0 Å². The maximum absolute atomic E-state index is 12.1. The van der Waals surface area contributed by atoms with Gasteiger partial charge < -0.3 is 14.6 Å². The third-order valence-corrected chi connectivity index (χ3v) is 3.93. The fourth-order valence-electron chi connectivity index (χ4n) is 2.54. The summed E-state index contributed by atoms with van der Waals surface area (Å²) in [5.74, 6) is -1.93. The van der Waals surface area contributed by atoms with E-state index in [9.17, 15) is 14.7 Å². The number of hydrogen-bond acceptors (Lipinski definition) is 4. The van der Waals surface area contributed by atoms with E-state index in [2.05, 4.69) is 13.8 Å². The zero-order chi connectivity index (χ0) is 14.8. The second-order valence-corrected chi connectivity index (χ2v) is 6.10. The van der Waals surface area contributed by atoms with E-state index in [1.54, 1.807) is 12.1 Å². The summed E-state index contributed by atoms with van der Waals surface area (Å²) >= 11 is 0. The van der Waals surface area contributed by atoms with Crippen LogP contribution in [0.1, 0.15) is 60.2 Å². The first-order chi connectivity index (χ1) is 9.39. The van der Waals surface area contributed by atoms with Crippen LogP contribution in [0, 0.1) is 5.41 Å². The number of rotatable bonds is 3. The minimum Gasteiger partial charge on any atom is -0.545 e. The summed E-state index contributed by atoms with van der Waals surface area (Å²) in [7, 11) is 0. The molecule has 1 aromatic rings. The number of esters is 1. The second kappa shape index (κ2) is 7.43. The molecule has 21 heavy (non-hydrogen) atoms. The van der Waals surface area contributed by atoms with Crippen molar-refractivity contribution in [1.82, 2.24) is 0 Å². The zero-order valence-corrected chi connectivity index (χ0v) is 14.8. The molecular formula is C16H19NaO4. The van der Waals surface area contributed by atoms with Gasteiger partial charge in [-0.15, -0.1) is 0 Å². The van der Waals surface area contributed by atoms with Gasteiger partial charge in [0.15, 0.2) is 0 Å². The molecule has 0 atom stereocenters. The quantitative estimate of drug-likeness (QED) is 0.540. The van der Waals surface area contributed by atoms with E-state index in [0.717, 1.165) is 25.7 Å². The van der Waals surface area contributed by atoms with Crippen molar-refractivity contribution < 1.29 is 49.0 Å². The number of carboxylic acid groups (broad SMARTS) is 1. The molecule has 0 saturated heterocycles. The number of aromatic carboxylic acids is 1. The van der Waals surface area contributed by atoms with E-state index in [1.165, 1.54) is 12.1 Å². The fourth-order valence-corrected chi connectivity index (χ4v) is 2.54. The molecular weight excluding hydrogens is 279 g/mol. The number of carboxylic acids is 1. The summed E-state index contributed by atoms with van der Waals surface area (Å²) in [4.78, 5) is 23.1. The molecule has 0 radical (unpaired) electrons. The first-order valence-electron chi connectivity index (χ1n) is 6.90. The van der Waals surface area contributed by atoms with Crippen LogP contribution < -0.4 is 34.7 Å². The Bertz CT molecular complexity index is 515. The van der Waals surface area contributed by atoms with Crippen LogP contribution in [0.25, 0.3) is 0 Å². The molecule has 1 aromatic carbocycles. The molecule has 0 spiro atoms. The van der Waals surface area contributed by atoms with Gasteiger partial charge in [-0.25, -0.2) is 4.79 Å². The third-order valence-electron chi connectivity index (χ3n) is 3.93. The Labute approximate surface area is 147 Å². The molecule has 1 fully saturated rings. The summed E-state index contributed by atoms with van der Waals surface area (Å²) in [5.41, 5.74) is 0.247. The number of ether oxygens (including phenoxy) is 1. The van der Waals surface area contributed by atoms with Crippen LogP contribution in [0.4, 0.5) is 0 Å². The topological polar surface area (TPSA) is 66.4 Å². The van der Waals surface area contributed by atoms with Crippen molar-refractivity contribution in [2.75, 3.05) is 0 Å². The normalized spacial score (nSPS) is 17.6. The first kappa shape index (κ1) is 18.2. The predicted octanol–water partition coefficient (Wildman–Crippen LogP) is -0.820. The third kappa shape index (κ3) is 4.83. The van der Waals surface area contributed by atoms with Gasteiger partial charge in [-0.05, 0) is 37.2 Å². The zero-order valence-electron chi connectivity index (χ0n) is 12.8. The van der Waals surface area contributed by atoms with Crippen LogP contribution in [0.2, 0.25) is 0 Å². The van der Waals surface area contributed by atoms with E-state index >= 15 is 0 Å². The Morgan fingerprint density at radius 1 is 1.14 bits per heavy atom. The van der Waals surface area contributed by atoms with Gasteiger partial charge in [0, 0.05) is 5.56 Å². The molecule has 0 aliphatic heterocycles. The number of carbonyl (C=O) groups excluding carboxylic acids is 2. The number of hydrogen-bond donors (Lipinski definition) is 0. The van der Waals surface area contributed by atoms with Gasteiger partial charge in [0.2, 0.25) is 0 Å². The van der Waals surface area contributed by atoms with E-state index in [4.69, 9.17) is 4.74 Å².